The Hall–Kier alpha value is -1.60. The van der Waals surface area contributed by atoms with E-state index in [0.29, 0.717) is 5.92 Å². The van der Waals surface area contributed by atoms with Crippen LogP contribution in [0.15, 0.2) is 27.5 Å². The molecule has 1 aliphatic carbocycles. The Bertz CT molecular complexity index is 835. The van der Waals surface area contributed by atoms with Crippen molar-refractivity contribution in [3.8, 4) is 0 Å². The molecule has 0 saturated heterocycles. The fourth-order valence-electron chi connectivity index (χ4n) is 3.78. The van der Waals surface area contributed by atoms with Crippen molar-refractivity contribution in [1.82, 2.24) is 10.2 Å². The summed E-state index contributed by atoms with van der Waals surface area (Å²) in [5.74, 6) is 0.232. The van der Waals surface area contributed by atoms with Crippen molar-refractivity contribution in [2.75, 3.05) is 14.1 Å². The van der Waals surface area contributed by atoms with E-state index in [4.69, 9.17) is 11.6 Å². The quantitative estimate of drug-likeness (QED) is 0.591. The summed E-state index contributed by atoms with van der Waals surface area (Å²) in [6.07, 6.45) is 4.13. The van der Waals surface area contributed by atoms with Crippen LogP contribution in [0.4, 0.5) is 0 Å². The minimum Gasteiger partial charge on any atom is -0.368 e. The standard InChI is InChI=1S/C19H28ClN3O3S/c1-13-8-15(11-19(2,3)10-13)22-18(24)14-6-7-16(20)17(9-14)27(25,26)21-12-23(4)5/h6-7,9,12-13,15H,8,10-11H2,1-5H3,(H,22,24)/b21-12+. The van der Waals surface area contributed by atoms with Crippen LogP contribution < -0.4 is 5.32 Å². The fraction of sp³-hybridized carbons (Fsp3) is 0.579. The van der Waals surface area contributed by atoms with Gasteiger partial charge < -0.3 is 10.2 Å². The number of benzene rings is 1. The van der Waals surface area contributed by atoms with Gasteiger partial charge in [0.25, 0.3) is 15.9 Å². The zero-order chi connectivity index (χ0) is 20.4. The molecule has 2 atom stereocenters. The second kappa shape index (κ2) is 8.19. The summed E-state index contributed by atoms with van der Waals surface area (Å²) >= 11 is 6.05. The van der Waals surface area contributed by atoms with Crippen LogP contribution in [0.5, 0.6) is 0 Å². The van der Waals surface area contributed by atoms with E-state index in [-0.39, 0.29) is 32.8 Å². The predicted molar refractivity (Wildman–Crippen MR) is 109 cm³/mol. The molecule has 1 amide bonds. The van der Waals surface area contributed by atoms with Crippen LogP contribution in [0.25, 0.3) is 0 Å². The van der Waals surface area contributed by atoms with Crippen LogP contribution in [0.3, 0.4) is 0 Å². The molecule has 0 aromatic heterocycles. The molecule has 1 saturated carbocycles. The largest absolute Gasteiger partial charge is 0.368 e. The Balaban J connectivity index is 2.23. The second-order valence-corrected chi connectivity index (χ2v) is 10.4. The number of nitrogens with one attached hydrogen (secondary N) is 1. The normalized spacial score (nSPS) is 22.6. The lowest BCUT2D eigenvalue weighted by atomic mass is 9.70. The molecule has 2 unspecified atom stereocenters. The van der Waals surface area contributed by atoms with Crippen molar-refractivity contribution in [2.45, 2.75) is 51.0 Å². The summed E-state index contributed by atoms with van der Waals surface area (Å²) < 4.78 is 28.4. The number of carbonyl (C=O) groups excluding carboxylic acids is 1. The minimum absolute atomic E-state index is 0.0369. The first-order valence-corrected chi connectivity index (χ1v) is 10.8. The highest BCUT2D eigenvalue weighted by atomic mass is 35.5. The number of sulfonamides is 1. The molecule has 0 bridgehead atoms. The highest BCUT2D eigenvalue weighted by molar-refractivity contribution is 7.90. The fourth-order valence-corrected chi connectivity index (χ4v) is 5.21. The molecule has 2 rings (SSSR count). The van der Waals surface area contributed by atoms with E-state index in [1.165, 1.54) is 29.4 Å². The molecule has 0 spiro atoms. The predicted octanol–water partition coefficient (Wildman–Crippen LogP) is 3.56. The van der Waals surface area contributed by atoms with Crippen molar-refractivity contribution in [3.63, 3.8) is 0 Å². The number of halogens is 1. The average molecular weight is 414 g/mol. The van der Waals surface area contributed by atoms with Crippen molar-refractivity contribution in [2.24, 2.45) is 15.7 Å². The van der Waals surface area contributed by atoms with Crippen LogP contribution in [-0.2, 0) is 10.0 Å². The van der Waals surface area contributed by atoms with Crippen LogP contribution in [0.2, 0.25) is 5.02 Å². The molecule has 0 radical (unpaired) electrons. The molecule has 6 nitrogen and oxygen atoms in total. The summed E-state index contributed by atoms with van der Waals surface area (Å²) in [5, 5.41) is 3.08. The van der Waals surface area contributed by atoms with E-state index in [0.717, 1.165) is 19.3 Å². The molecular formula is C19H28ClN3O3S. The smallest absolute Gasteiger partial charge is 0.285 e. The number of amides is 1. The zero-order valence-corrected chi connectivity index (χ0v) is 18.1. The van der Waals surface area contributed by atoms with Crippen molar-refractivity contribution in [3.05, 3.63) is 28.8 Å². The summed E-state index contributed by atoms with van der Waals surface area (Å²) in [6.45, 7) is 6.60. The minimum atomic E-state index is -3.99. The van der Waals surface area contributed by atoms with Crippen molar-refractivity contribution in [1.29, 1.82) is 0 Å². The van der Waals surface area contributed by atoms with Gasteiger partial charge >= 0.3 is 0 Å². The van der Waals surface area contributed by atoms with Gasteiger partial charge in [0.15, 0.2) is 0 Å². The number of carbonyl (C=O) groups is 1. The van der Waals surface area contributed by atoms with Gasteiger partial charge in [-0.25, -0.2) is 0 Å². The highest BCUT2D eigenvalue weighted by Gasteiger charge is 2.33. The van der Waals surface area contributed by atoms with Crippen LogP contribution in [0.1, 0.15) is 50.4 Å². The average Bonchev–Trinajstić information content (AvgIpc) is 2.51. The number of hydrogen-bond acceptors (Lipinski definition) is 3. The van der Waals surface area contributed by atoms with E-state index in [2.05, 4.69) is 30.5 Å². The number of rotatable bonds is 5. The number of hydrogen-bond donors (Lipinski definition) is 1. The molecule has 1 N–H and O–H groups in total. The Labute approximate surface area is 167 Å². The molecule has 8 heteroatoms. The lowest BCUT2D eigenvalue weighted by Crippen LogP contribution is -2.43. The maximum absolute atomic E-state index is 12.7. The molecule has 1 aliphatic rings. The molecule has 0 heterocycles. The second-order valence-electron chi connectivity index (χ2n) is 8.39. The van der Waals surface area contributed by atoms with Gasteiger partial charge in [0.1, 0.15) is 11.2 Å². The Morgan fingerprint density at radius 3 is 2.59 bits per heavy atom. The van der Waals surface area contributed by atoms with Gasteiger partial charge in [-0.15, -0.1) is 4.40 Å². The van der Waals surface area contributed by atoms with Gasteiger partial charge in [-0.2, -0.15) is 8.42 Å². The first-order valence-electron chi connectivity index (χ1n) is 8.97. The summed E-state index contributed by atoms with van der Waals surface area (Å²) in [7, 11) is -0.659. The monoisotopic (exact) mass is 413 g/mol. The molecule has 0 aliphatic heterocycles. The first-order chi connectivity index (χ1) is 12.4. The van der Waals surface area contributed by atoms with E-state index >= 15 is 0 Å². The maximum Gasteiger partial charge on any atom is 0.285 e. The maximum atomic E-state index is 12.7. The van der Waals surface area contributed by atoms with Crippen LogP contribution >= 0.6 is 11.6 Å². The Morgan fingerprint density at radius 2 is 2.00 bits per heavy atom. The number of nitrogens with zero attached hydrogens (tertiary/aromatic N) is 2. The van der Waals surface area contributed by atoms with Crippen molar-refractivity contribution >= 4 is 33.9 Å². The third-order valence-electron chi connectivity index (χ3n) is 4.61. The van der Waals surface area contributed by atoms with Gasteiger partial charge in [0.2, 0.25) is 0 Å². The molecule has 1 fully saturated rings. The third kappa shape index (κ3) is 5.94. The van der Waals surface area contributed by atoms with Gasteiger partial charge in [0.05, 0.1) is 5.02 Å². The highest BCUT2D eigenvalue weighted by Crippen LogP contribution is 2.38. The molecular weight excluding hydrogens is 386 g/mol. The molecule has 27 heavy (non-hydrogen) atoms. The van der Waals surface area contributed by atoms with Gasteiger partial charge in [-0.3, -0.25) is 4.79 Å². The lowest BCUT2D eigenvalue weighted by molar-refractivity contribution is 0.0874. The van der Waals surface area contributed by atoms with Gasteiger partial charge in [-0.05, 0) is 48.8 Å². The summed E-state index contributed by atoms with van der Waals surface area (Å²) in [5.41, 5.74) is 0.430. The Morgan fingerprint density at radius 1 is 1.33 bits per heavy atom. The van der Waals surface area contributed by atoms with Crippen LogP contribution in [-0.4, -0.2) is 45.7 Å². The first kappa shape index (κ1) is 21.7. The summed E-state index contributed by atoms with van der Waals surface area (Å²) in [6, 6.07) is 4.31. The molecule has 150 valence electrons. The Kier molecular flexibility index (Phi) is 6.58. The molecule has 1 aromatic carbocycles. The van der Waals surface area contributed by atoms with E-state index in [1.54, 1.807) is 14.1 Å². The third-order valence-corrected chi connectivity index (χ3v) is 6.32. The zero-order valence-electron chi connectivity index (χ0n) is 16.5. The topological polar surface area (TPSA) is 78.8 Å². The van der Waals surface area contributed by atoms with Crippen LogP contribution in [0, 0.1) is 11.3 Å². The summed E-state index contributed by atoms with van der Waals surface area (Å²) in [4.78, 5) is 14.0. The lowest BCUT2D eigenvalue weighted by Gasteiger charge is -2.39. The van der Waals surface area contributed by atoms with Crippen molar-refractivity contribution < 1.29 is 13.2 Å². The SMILES string of the molecule is CC1CC(NC(=O)c2ccc(Cl)c(S(=O)(=O)/N=C/N(C)C)c2)CC(C)(C)C1. The van der Waals surface area contributed by atoms with Gasteiger partial charge in [0, 0.05) is 25.7 Å². The van der Waals surface area contributed by atoms with E-state index in [1.807, 2.05) is 0 Å². The molecule has 1 aromatic rings. The van der Waals surface area contributed by atoms with Gasteiger partial charge in [-0.1, -0.05) is 32.4 Å². The van der Waals surface area contributed by atoms with E-state index < -0.39 is 10.0 Å². The van der Waals surface area contributed by atoms with E-state index in [9.17, 15) is 13.2 Å².